The Bertz CT molecular complexity index is 847. The lowest BCUT2D eigenvalue weighted by molar-refractivity contribution is -0.123. The van der Waals surface area contributed by atoms with Gasteiger partial charge in [0.2, 0.25) is 5.91 Å². The number of hydrogen-bond acceptors (Lipinski definition) is 5. The molecule has 0 bridgehead atoms. The molecule has 0 aliphatic carbocycles. The van der Waals surface area contributed by atoms with Crippen molar-refractivity contribution in [2.75, 3.05) is 5.32 Å². The molecule has 1 aliphatic rings. The first kappa shape index (κ1) is 19.5. The second kappa shape index (κ2) is 7.80. The van der Waals surface area contributed by atoms with Crippen molar-refractivity contribution in [1.82, 2.24) is 20.1 Å². The summed E-state index contributed by atoms with van der Waals surface area (Å²) in [7, 11) is 0. The number of carbonyl (C=O) groups excluding carboxylic acids is 2. The van der Waals surface area contributed by atoms with Gasteiger partial charge < -0.3 is 15.2 Å². The number of nitrogens with zero attached hydrogens (tertiary/aromatic N) is 3. The highest BCUT2D eigenvalue weighted by molar-refractivity contribution is 7.18. The summed E-state index contributed by atoms with van der Waals surface area (Å²) in [6, 6.07) is 1.84. The summed E-state index contributed by atoms with van der Waals surface area (Å²) in [5.74, 6) is 1.59. The van der Waals surface area contributed by atoms with E-state index in [0.29, 0.717) is 16.4 Å². The molecule has 2 aromatic heterocycles. The van der Waals surface area contributed by atoms with Gasteiger partial charge in [0.15, 0.2) is 5.82 Å². The number of aryl methyl sites for hydroxylation is 2. The molecular weight excluding hydrogens is 362 g/mol. The monoisotopic (exact) mass is 389 g/mol. The zero-order valence-corrected chi connectivity index (χ0v) is 17.2. The number of rotatable bonds is 4. The summed E-state index contributed by atoms with van der Waals surface area (Å²) in [6.07, 6.45) is 4.41. The minimum atomic E-state index is -0.480. The van der Waals surface area contributed by atoms with Crippen LogP contribution in [0.25, 0.3) is 0 Å². The number of fused-ring (bicyclic) bond motifs is 1. The average molecular weight is 390 g/mol. The van der Waals surface area contributed by atoms with Crippen LogP contribution in [-0.2, 0) is 24.3 Å². The molecule has 2 amide bonds. The molecular formula is C19H27N5O2S. The van der Waals surface area contributed by atoms with Crippen molar-refractivity contribution in [3.8, 4) is 0 Å². The Morgan fingerprint density at radius 2 is 2.00 bits per heavy atom. The first-order valence-electron chi connectivity index (χ1n) is 9.37. The Morgan fingerprint density at radius 3 is 2.74 bits per heavy atom. The van der Waals surface area contributed by atoms with Crippen LogP contribution in [0.4, 0.5) is 5.00 Å². The first-order valence-corrected chi connectivity index (χ1v) is 10.2. The van der Waals surface area contributed by atoms with E-state index in [1.54, 1.807) is 0 Å². The topological polar surface area (TPSA) is 88.9 Å². The SMILES string of the molecule is Cc1cc(NC(=O)C(C)(C)C)sc1C(=O)NCc1nnc2n1CCCCC2. The summed E-state index contributed by atoms with van der Waals surface area (Å²) in [5.41, 5.74) is 0.369. The van der Waals surface area contributed by atoms with Crippen LogP contribution in [0.15, 0.2) is 6.07 Å². The third-order valence-electron chi connectivity index (χ3n) is 4.64. The molecule has 0 fully saturated rings. The molecule has 3 heterocycles. The van der Waals surface area contributed by atoms with Crippen molar-refractivity contribution in [3.05, 3.63) is 28.2 Å². The average Bonchev–Trinajstić information content (AvgIpc) is 3.06. The molecule has 7 nitrogen and oxygen atoms in total. The Labute approximate surface area is 163 Å². The zero-order chi connectivity index (χ0) is 19.6. The van der Waals surface area contributed by atoms with Crippen molar-refractivity contribution >= 4 is 28.2 Å². The van der Waals surface area contributed by atoms with Crippen LogP contribution in [0.5, 0.6) is 0 Å². The van der Waals surface area contributed by atoms with Crippen molar-refractivity contribution in [1.29, 1.82) is 0 Å². The minimum absolute atomic E-state index is 0.0677. The van der Waals surface area contributed by atoms with Crippen LogP contribution in [0.2, 0.25) is 0 Å². The predicted octanol–water partition coefficient (Wildman–Crippen LogP) is 3.29. The van der Waals surface area contributed by atoms with E-state index < -0.39 is 5.41 Å². The maximum absolute atomic E-state index is 12.6. The standard InChI is InChI=1S/C19H27N5O2S/c1-12-10-15(21-18(26)19(2,3)4)27-16(12)17(25)20-11-14-23-22-13-8-6-5-7-9-24(13)14/h10H,5-9,11H2,1-4H3,(H,20,25)(H,21,26). The van der Waals surface area contributed by atoms with E-state index in [4.69, 9.17) is 0 Å². The molecule has 0 aromatic carbocycles. The quantitative estimate of drug-likeness (QED) is 0.840. The number of thiophene rings is 1. The van der Waals surface area contributed by atoms with Crippen LogP contribution in [0.1, 0.15) is 66.9 Å². The number of hydrogen-bond donors (Lipinski definition) is 2. The molecule has 8 heteroatoms. The van der Waals surface area contributed by atoms with Gasteiger partial charge in [-0.3, -0.25) is 9.59 Å². The van der Waals surface area contributed by atoms with Gasteiger partial charge in [-0.2, -0.15) is 0 Å². The Kier molecular flexibility index (Phi) is 5.64. The van der Waals surface area contributed by atoms with Gasteiger partial charge in [-0.1, -0.05) is 27.2 Å². The van der Waals surface area contributed by atoms with Crippen LogP contribution in [0.3, 0.4) is 0 Å². The highest BCUT2D eigenvalue weighted by Crippen LogP contribution is 2.28. The normalized spacial score (nSPS) is 14.4. The number of nitrogens with one attached hydrogen (secondary N) is 2. The van der Waals surface area contributed by atoms with E-state index in [0.717, 1.165) is 43.0 Å². The van der Waals surface area contributed by atoms with Crippen LogP contribution in [-0.4, -0.2) is 26.6 Å². The largest absolute Gasteiger partial charge is 0.344 e. The van der Waals surface area contributed by atoms with Crippen LogP contribution < -0.4 is 10.6 Å². The molecule has 27 heavy (non-hydrogen) atoms. The Balaban J connectivity index is 1.65. The molecule has 0 radical (unpaired) electrons. The van der Waals surface area contributed by atoms with Gasteiger partial charge in [-0.25, -0.2) is 0 Å². The van der Waals surface area contributed by atoms with E-state index in [9.17, 15) is 9.59 Å². The fourth-order valence-corrected chi connectivity index (χ4v) is 3.97. The van der Waals surface area contributed by atoms with Gasteiger partial charge in [-0.05, 0) is 31.4 Å². The number of carbonyl (C=O) groups is 2. The van der Waals surface area contributed by atoms with Gasteiger partial charge in [0.1, 0.15) is 5.82 Å². The van der Waals surface area contributed by atoms with E-state index in [2.05, 4.69) is 25.4 Å². The van der Waals surface area contributed by atoms with Gasteiger partial charge in [0.25, 0.3) is 5.91 Å². The fourth-order valence-electron chi connectivity index (χ4n) is 2.98. The Morgan fingerprint density at radius 1 is 1.22 bits per heavy atom. The van der Waals surface area contributed by atoms with E-state index in [1.807, 2.05) is 33.8 Å². The van der Waals surface area contributed by atoms with Crippen molar-refractivity contribution < 1.29 is 9.59 Å². The number of anilines is 1. The molecule has 0 atom stereocenters. The molecule has 2 aromatic rings. The third-order valence-corrected chi connectivity index (χ3v) is 5.79. The summed E-state index contributed by atoms with van der Waals surface area (Å²) in [6.45, 7) is 8.72. The zero-order valence-electron chi connectivity index (χ0n) is 16.4. The summed E-state index contributed by atoms with van der Waals surface area (Å²) in [5, 5.41) is 15.0. The predicted molar refractivity (Wildman–Crippen MR) is 106 cm³/mol. The minimum Gasteiger partial charge on any atom is -0.344 e. The summed E-state index contributed by atoms with van der Waals surface area (Å²) >= 11 is 1.29. The smallest absolute Gasteiger partial charge is 0.262 e. The number of amides is 2. The van der Waals surface area contributed by atoms with Crippen LogP contribution in [0, 0.1) is 12.3 Å². The Hall–Kier alpha value is -2.22. The molecule has 3 rings (SSSR count). The van der Waals surface area contributed by atoms with Gasteiger partial charge >= 0.3 is 0 Å². The lowest BCUT2D eigenvalue weighted by Gasteiger charge is -2.16. The van der Waals surface area contributed by atoms with Gasteiger partial charge in [0, 0.05) is 18.4 Å². The molecule has 0 saturated heterocycles. The lowest BCUT2D eigenvalue weighted by atomic mass is 9.96. The molecule has 2 N–H and O–H groups in total. The summed E-state index contributed by atoms with van der Waals surface area (Å²) in [4.78, 5) is 25.4. The fraction of sp³-hybridized carbons (Fsp3) is 0.579. The van der Waals surface area contributed by atoms with Crippen LogP contribution >= 0.6 is 11.3 Å². The summed E-state index contributed by atoms with van der Waals surface area (Å²) < 4.78 is 2.13. The molecule has 0 spiro atoms. The highest BCUT2D eigenvalue weighted by Gasteiger charge is 2.23. The van der Waals surface area contributed by atoms with Gasteiger partial charge in [-0.15, -0.1) is 21.5 Å². The second-order valence-corrected chi connectivity index (χ2v) is 9.06. The number of aromatic nitrogens is 3. The van der Waals surface area contributed by atoms with Crippen molar-refractivity contribution in [3.63, 3.8) is 0 Å². The van der Waals surface area contributed by atoms with E-state index >= 15 is 0 Å². The van der Waals surface area contributed by atoms with E-state index in [1.165, 1.54) is 17.8 Å². The van der Waals surface area contributed by atoms with Crippen molar-refractivity contribution in [2.24, 2.45) is 5.41 Å². The third kappa shape index (κ3) is 4.55. The van der Waals surface area contributed by atoms with E-state index in [-0.39, 0.29) is 11.8 Å². The lowest BCUT2D eigenvalue weighted by Crippen LogP contribution is -2.27. The highest BCUT2D eigenvalue weighted by atomic mass is 32.1. The first-order chi connectivity index (χ1) is 12.8. The second-order valence-electron chi connectivity index (χ2n) is 8.00. The molecule has 0 saturated carbocycles. The van der Waals surface area contributed by atoms with Crippen molar-refractivity contribution in [2.45, 2.75) is 66.5 Å². The molecule has 1 aliphatic heterocycles. The molecule has 0 unspecified atom stereocenters. The maximum Gasteiger partial charge on any atom is 0.262 e. The van der Waals surface area contributed by atoms with Gasteiger partial charge in [0.05, 0.1) is 16.4 Å². The maximum atomic E-state index is 12.6. The molecule has 146 valence electrons.